The fraction of sp³-hybridized carbons (Fsp3) is 0.571. The lowest BCUT2D eigenvalue weighted by Crippen LogP contribution is -2.37. The fourth-order valence-electron chi connectivity index (χ4n) is 2.50. The van der Waals surface area contributed by atoms with E-state index in [4.69, 9.17) is 0 Å². The summed E-state index contributed by atoms with van der Waals surface area (Å²) < 4.78 is 27.4. The van der Waals surface area contributed by atoms with Gasteiger partial charge in [0.25, 0.3) is 0 Å². The van der Waals surface area contributed by atoms with Crippen LogP contribution in [0.5, 0.6) is 0 Å². The molecule has 3 unspecified atom stereocenters. The Hall–Kier alpha value is -0.260. The number of halogens is 2. The van der Waals surface area contributed by atoms with Crippen LogP contribution in [0.1, 0.15) is 24.9 Å². The Morgan fingerprint density at radius 2 is 2.05 bits per heavy atom. The molecule has 1 saturated heterocycles. The molecule has 1 heterocycles. The molecule has 0 radical (unpaired) electrons. The van der Waals surface area contributed by atoms with Gasteiger partial charge >= 0.3 is 0 Å². The van der Waals surface area contributed by atoms with Crippen LogP contribution in [0.25, 0.3) is 0 Å². The summed E-state index contributed by atoms with van der Waals surface area (Å²) in [4.78, 5) is 0. The third-order valence-corrected chi connectivity index (χ3v) is 6.78. The van der Waals surface area contributed by atoms with Crippen molar-refractivity contribution in [1.29, 1.82) is 0 Å². The van der Waals surface area contributed by atoms with Crippen LogP contribution >= 0.6 is 23.5 Å². The molecule has 2 rings (SSSR count). The first-order chi connectivity index (χ1) is 9.17. The van der Waals surface area contributed by atoms with Crippen LogP contribution in [0.2, 0.25) is 0 Å². The van der Waals surface area contributed by atoms with Gasteiger partial charge in [-0.05, 0) is 31.7 Å². The zero-order valence-corrected chi connectivity index (χ0v) is 12.8. The Bertz CT molecular complexity index is 428. The molecule has 1 aromatic carbocycles. The highest BCUT2D eigenvalue weighted by atomic mass is 32.2. The topological polar surface area (TPSA) is 12.0 Å². The molecule has 19 heavy (non-hydrogen) atoms. The van der Waals surface area contributed by atoms with Crippen molar-refractivity contribution in [3.8, 4) is 0 Å². The maximum absolute atomic E-state index is 14.0. The summed E-state index contributed by atoms with van der Waals surface area (Å²) in [6.45, 7) is 2.16. The van der Waals surface area contributed by atoms with Crippen molar-refractivity contribution in [2.24, 2.45) is 0 Å². The Labute approximate surface area is 121 Å². The second kappa shape index (κ2) is 6.95. The van der Waals surface area contributed by atoms with Gasteiger partial charge in [0, 0.05) is 33.6 Å². The Balaban J connectivity index is 2.29. The molecule has 1 N–H and O–H groups in total. The van der Waals surface area contributed by atoms with Gasteiger partial charge in [0.2, 0.25) is 0 Å². The van der Waals surface area contributed by atoms with Crippen molar-refractivity contribution in [1.82, 2.24) is 5.32 Å². The molecule has 1 fully saturated rings. The highest BCUT2D eigenvalue weighted by molar-refractivity contribution is 8.07. The van der Waals surface area contributed by atoms with Crippen LogP contribution in [0, 0.1) is 11.6 Å². The van der Waals surface area contributed by atoms with Gasteiger partial charge in [-0.25, -0.2) is 8.78 Å². The van der Waals surface area contributed by atoms with E-state index in [9.17, 15) is 8.78 Å². The minimum atomic E-state index is -0.377. The minimum Gasteiger partial charge on any atom is -0.312 e. The van der Waals surface area contributed by atoms with Crippen molar-refractivity contribution in [2.45, 2.75) is 29.9 Å². The lowest BCUT2D eigenvalue weighted by Gasteiger charge is -2.36. The Morgan fingerprint density at radius 1 is 1.32 bits per heavy atom. The van der Waals surface area contributed by atoms with Crippen LogP contribution in [0.3, 0.4) is 0 Å². The van der Waals surface area contributed by atoms with Crippen LogP contribution in [-0.4, -0.2) is 29.1 Å². The van der Waals surface area contributed by atoms with Crippen molar-refractivity contribution < 1.29 is 8.78 Å². The first-order valence-electron chi connectivity index (χ1n) is 6.52. The summed E-state index contributed by atoms with van der Waals surface area (Å²) in [6, 6.07) is 3.57. The zero-order chi connectivity index (χ0) is 13.8. The second-order valence-corrected chi connectivity index (χ2v) is 7.22. The van der Waals surface area contributed by atoms with Gasteiger partial charge in [0.1, 0.15) is 11.6 Å². The van der Waals surface area contributed by atoms with Gasteiger partial charge in [-0.15, -0.1) is 0 Å². The van der Waals surface area contributed by atoms with E-state index in [0.29, 0.717) is 10.8 Å². The molecule has 0 aromatic heterocycles. The maximum Gasteiger partial charge on any atom is 0.128 e. The molecule has 3 atom stereocenters. The quantitative estimate of drug-likeness (QED) is 0.907. The van der Waals surface area contributed by atoms with Gasteiger partial charge in [0.05, 0.1) is 0 Å². The van der Waals surface area contributed by atoms with E-state index >= 15 is 0 Å². The lowest BCUT2D eigenvalue weighted by atomic mass is 9.99. The Kier molecular flexibility index (Phi) is 5.54. The van der Waals surface area contributed by atoms with E-state index in [2.05, 4.69) is 12.2 Å². The van der Waals surface area contributed by atoms with E-state index in [1.807, 2.05) is 30.6 Å². The third-order valence-electron chi connectivity index (χ3n) is 3.43. The van der Waals surface area contributed by atoms with Crippen molar-refractivity contribution >= 4 is 23.5 Å². The standard InChI is InChI=1S/C14H19F2NS2/c1-3-12-14(19-7-6-18-12)13(17-2)10-8-9(15)4-5-11(10)16/h4-5,8,12-14,17H,3,6-7H2,1-2H3. The molecular formula is C14H19F2NS2. The smallest absolute Gasteiger partial charge is 0.128 e. The average molecular weight is 303 g/mol. The molecule has 0 bridgehead atoms. The predicted molar refractivity (Wildman–Crippen MR) is 80.9 cm³/mol. The van der Waals surface area contributed by atoms with E-state index in [1.165, 1.54) is 18.2 Å². The summed E-state index contributed by atoms with van der Waals surface area (Å²) in [5.74, 6) is 1.51. The predicted octanol–water partition coefficient (Wildman–Crippen LogP) is 3.85. The Morgan fingerprint density at radius 3 is 2.74 bits per heavy atom. The number of nitrogens with one attached hydrogen (secondary N) is 1. The fourth-order valence-corrected chi connectivity index (χ4v) is 5.78. The summed E-state index contributed by atoms with van der Waals surface area (Å²) in [6.07, 6.45) is 1.05. The number of rotatable bonds is 4. The number of benzene rings is 1. The molecule has 0 saturated carbocycles. The number of hydrogen-bond acceptors (Lipinski definition) is 3. The monoisotopic (exact) mass is 303 g/mol. The van der Waals surface area contributed by atoms with Crippen LogP contribution in [-0.2, 0) is 0 Å². The molecule has 0 spiro atoms. The number of thioether (sulfide) groups is 2. The van der Waals surface area contributed by atoms with E-state index in [-0.39, 0.29) is 22.9 Å². The number of hydrogen-bond donors (Lipinski definition) is 1. The molecule has 1 nitrogen and oxygen atoms in total. The zero-order valence-electron chi connectivity index (χ0n) is 11.2. The van der Waals surface area contributed by atoms with Gasteiger partial charge in [0.15, 0.2) is 0 Å². The summed E-state index contributed by atoms with van der Waals surface area (Å²) in [5.41, 5.74) is 0.445. The van der Waals surface area contributed by atoms with Crippen LogP contribution in [0.15, 0.2) is 18.2 Å². The summed E-state index contributed by atoms with van der Waals surface area (Å²) in [7, 11) is 1.82. The first kappa shape index (κ1) is 15.1. The molecular weight excluding hydrogens is 284 g/mol. The van der Waals surface area contributed by atoms with Gasteiger partial charge in [-0.3, -0.25) is 0 Å². The second-order valence-electron chi connectivity index (χ2n) is 4.59. The molecule has 0 amide bonds. The average Bonchev–Trinajstić information content (AvgIpc) is 2.44. The van der Waals surface area contributed by atoms with Crippen molar-refractivity contribution in [3.05, 3.63) is 35.4 Å². The third kappa shape index (κ3) is 3.44. The van der Waals surface area contributed by atoms with E-state index < -0.39 is 0 Å². The molecule has 0 aliphatic carbocycles. The lowest BCUT2D eigenvalue weighted by molar-refractivity contribution is 0.499. The molecule has 1 aliphatic heterocycles. The SMILES string of the molecule is CCC1SCCSC1C(NC)c1cc(F)ccc1F. The summed E-state index contributed by atoms with van der Waals surface area (Å²) >= 11 is 3.81. The van der Waals surface area contributed by atoms with E-state index in [1.54, 1.807) is 0 Å². The molecule has 106 valence electrons. The van der Waals surface area contributed by atoms with Crippen molar-refractivity contribution in [2.75, 3.05) is 18.6 Å². The first-order valence-corrected chi connectivity index (χ1v) is 8.62. The highest BCUT2D eigenvalue weighted by Gasteiger charge is 2.33. The van der Waals surface area contributed by atoms with Gasteiger partial charge in [-0.2, -0.15) is 23.5 Å². The molecule has 5 heteroatoms. The minimum absolute atomic E-state index is 0.140. The maximum atomic E-state index is 14.0. The van der Waals surface area contributed by atoms with Gasteiger partial charge in [-0.1, -0.05) is 6.92 Å². The van der Waals surface area contributed by atoms with Crippen molar-refractivity contribution in [3.63, 3.8) is 0 Å². The van der Waals surface area contributed by atoms with Crippen LogP contribution < -0.4 is 5.32 Å². The largest absolute Gasteiger partial charge is 0.312 e. The molecule has 1 aromatic rings. The normalized spacial score (nSPS) is 25.3. The highest BCUT2D eigenvalue weighted by Crippen LogP contribution is 2.40. The van der Waals surface area contributed by atoms with Gasteiger partial charge < -0.3 is 5.32 Å². The molecule has 1 aliphatic rings. The van der Waals surface area contributed by atoms with Crippen LogP contribution in [0.4, 0.5) is 8.78 Å². The summed E-state index contributed by atoms with van der Waals surface area (Å²) in [5, 5.41) is 3.95. The van der Waals surface area contributed by atoms with E-state index in [0.717, 1.165) is 17.9 Å².